The van der Waals surface area contributed by atoms with Crippen LogP contribution in [0.4, 0.5) is 0 Å². The van der Waals surface area contributed by atoms with Crippen LogP contribution in [-0.4, -0.2) is 23.3 Å². The molecule has 0 bridgehead atoms. The monoisotopic (exact) mass is 195 g/mol. The molecule has 0 radical (unpaired) electrons. The molecule has 14 heavy (non-hydrogen) atoms. The number of rotatable bonds is 5. The predicted octanol–water partition coefficient (Wildman–Crippen LogP) is 1.85. The van der Waals surface area contributed by atoms with Gasteiger partial charge in [0, 0.05) is 25.8 Å². The number of hydrogen-bond donors (Lipinski definition) is 1. The minimum Gasteiger partial charge on any atom is -0.387 e. The quantitative estimate of drug-likeness (QED) is 0.729. The van der Waals surface area contributed by atoms with E-state index in [9.17, 15) is 5.11 Å². The third-order valence-electron chi connectivity index (χ3n) is 2.11. The highest BCUT2D eigenvalue weighted by atomic mass is 16.5. The van der Waals surface area contributed by atoms with Gasteiger partial charge in [0.1, 0.15) is 0 Å². The molecular weight excluding hydrogens is 178 g/mol. The third-order valence-corrected chi connectivity index (χ3v) is 2.11. The molecule has 1 heterocycles. The largest absolute Gasteiger partial charge is 0.387 e. The Balaban J connectivity index is 2.51. The van der Waals surface area contributed by atoms with E-state index < -0.39 is 6.10 Å². The summed E-state index contributed by atoms with van der Waals surface area (Å²) in [7, 11) is 0. The number of ether oxygens (including phenoxy) is 1. The van der Waals surface area contributed by atoms with Gasteiger partial charge in [0.15, 0.2) is 0 Å². The molecule has 1 atom stereocenters. The van der Waals surface area contributed by atoms with Crippen molar-refractivity contribution in [2.24, 2.45) is 0 Å². The maximum Gasteiger partial charge on any atom is 0.0984 e. The lowest BCUT2D eigenvalue weighted by molar-refractivity contribution is 0.0863. The smallest absolute Gasteiger partial charge is 0.0984 e. The zero-order valence-electron chi connectivity index (χ0n) is 8.73. The first-order valence-electron chi connectivity index (χ1n) is 4.93. The number of aryl methyl sites for hydroxylation is 1. The van der Waals surface area contributed by atoms with Crippen molar-refractivity contribution in [2.45, 2.75) is 26.4 Å². The van der Waals surface area contributed by atoms with E-state index in [-0.39, 0.29) is 0 Å². The molecule has 0 saturated heterocycles. The van der Waals surface area contributed by atoms with E-state index in [4.69, 9.17) is 4.74 Å². The number of aliphatic hydroxyl groups is 1. The van der Waals surface area contributed by atoms with Crippen molar-refractivity contribution < 1.29 is 9.84 Å². The average molecular weight is 195 g/mol. The van der Waals surface area contributed by atoms with Crippen LogP contribution in [0.3, 0.4) is 0 Å². The Kier molecular flexibility index (Phi) is 4.56. The molecule has 1 unspecified atom stereocenters. The summed E-state index contributed by atoms with van der Waals surface area (Å²) in [4.78, 5) is 4.15. The Bertz CT molecular complexity index is 276. The molecular formula is C11H17NO2. The Hall–Kier alpha value is -0.930. The van der Waals surface area contributed by atoms with Crippen LogP contribution in [0, 0.1) is 6.92 Å². The van der Waals surface area contributed by atoms with Crippen LogP contribution in [0.15, 0.2) is 18.3 Å². The van der Waals surface area contributed by atoms with Crippen LogP contribution in [0.25, 0.3) is 0 Å². The molecule has 0 aliphatic rings. The van der Waals surface area contributed by atoms with E-state index in [2.05, 4.69) is 4.98 Å². The molecule has 3 nitrogen and oxygen atoms in total. The Morgan fingerprint density at radius 2 is 2.36 bits per heavy atom. The first kappa shape index (κ1) is 11.1. The SMILES string of the molecule is CCOCCC(O)c1ncccc1C. The van der Waals surface area contributed by atoms with Crippen LogP contribution >= 0.6 is 0 Å². The third kappa shape index (κ3) is 3.09. The normalized spacial score (nSPS) is 12.8. The number of hydrogen-bond acceptors (Lipinski definition) is 3. The van der Waals surface area contributed by atoms with Crippen molar-refractivity contribution >= 4 is 0 Å². The average Bonchev–Trinajstić information content (AvgIpc) is 2.18. The fourth-order valence-corrected chi connectivity index (χ4v) is 1.32. The van der Waals surface area contributed by atoms with Gasteiger partial charge < -0.3 is 9.84 Å². The number of aliphatic hydroxyl groups excluding tert-OH is 1. The molecule has 3 heteroatoms. The van der Waals surface area contributed by atoms with Gasteiger partial charge in [-0.15, -0.1) is 0 Å². The van der Waals surface area contributed by atoms with E-state index in [1.165, 1.54) is 0 Å². The van der Waals surface area contributed by atoms with Gasteiger partial charge in [0.2, 0.25) is 0 Å². The number of aromatic nitrogens is 1. The molecule has 1 rings (SSSR count). The fraction of sp³-hybridized carbons (Fsp3) is 0.545. The molecule has 1 N–H and O–H groups in total. The summed E-state index contributed by atoms with van der Waals surface area (Å²) in [6, 6.07) is 3.82. The second kappa shape index (κ2) is 5.73. The van der Waals surface area contributed by atoms with Gasteiger partial charge in [0.05, 0.1) is 11.8 Å². The van der Waals surface area contributed by atoms with E-state index in [1.807, 2.05) is 26.0 Å². The molecule has 78 valence electrons. The molecule has 0 aromatic carbocycles. The first-order chi connectivity index (χ1) is 6.75. The summed E-state index contributed by atoms with van der Waals surface area (Å²) < 4.78 is 5.18. The van der Waals surface area contributed by atoms with Crippen molar-refractivity contribution in [3.05, 3.63) is 29.6 Å². The molecule has 1 aromatic rings. The molecule has 0 aliphatic carbocycles. The van der Waals surface area contributed by atoms with Crippen LogP contribution in [0.1, 0.15) is 30.7 Å². The Labute approximate surface area is 84.7 Å². The standard InChI is InChI=1S/C11H17NO2/c1-3-14-8-6-10(13)11-9(2)5-4-7-12-11/h4-5,7,10,13H,3,6,8H2,1-2H3. The summed E-state index contributed by atoms with van der Waals surface area (Å²) in [5, 5.41) is 9.79. The Morgan fingerprint density at radius 1 is 1.57 bits per heavy atom. The zero-order valence-corrected chi connectivity index (χ0v) is 8.73. The Morgan fingerprint density at radius 3 is 3.00 bits per heavy atom. The van der Waals surface area contributed by atoms with Crippen LogP contribution in [0.5, 0.6) is 0 Å². The summed E-state index contributed by atoms with van der Waals surface area (Å²) in [6.45, 7) is 5.16. The van der Waals surface area contributed by atoms with E-state index in [0.29, 0.717) is 19.6 Å². The van der Waals surface area contributed by atoms with Gasteiger partial charge >= 0.3 is 0 Å². The second-order valence-electron chi connectivity index (χ2n) is 3.21. The first-order valence-corrected chi connectivity index (χ1v) is 4.93. The van der Waals surface area contributed by atoms with Crippen molar-refractivity contribution in [2.75, 3.05) is 13.2 Å². The van der Waals surface area contributed by atoms with Gasteiger partial charge in [-0.3, -0.25) is 4.98 Å². The molecule has 0 amide bonds. The summed E-state index contributed by atoms with van der Waals surface area (Å²) >= 11 is 0. The van der Waals surface area contributed by atoms with Gasteiger partial charge in [0.25, 0.3) is 0 Å². The van der Waals surface area contributed by atoms with Crippen molar-refractivity contribution in [1.29, 1.82) is 0 Å². The lowest BCUT2D eigenvalue weighted by Gasteiger charge is -2.11. The van der Waals surface area contributed by atoms with Crippen LogP contribution < -0.4 is 0 Å². The minimum atomic E-state index is -0.511. The maximum absolute atomic E-state index is 9.79. The molecule has 1 aromatic heterocycles. The van der Waals surface area contributed by atoms with E-state index in [0.717, 1.165) is 11.3 Å². The summed E-state index contributed by atoms with van der Waals surface area (Å²) in [5.74, 6) is 0. The van der Waals surface area contributed by atoms with E-state index >= 15 is 0 Å². The van der Waals surface area contributed by atoms with Gasteiger partial charge in [-0.2, -0.15) is 0 Å². The highest BCUT2D eigenvalue weighted by Crippen LogP contribution is 2.17. The van der Waals surface area contributed by atoms with Crippen LogP contribution in [-0.2, 0) is 4.74 Å². The maximum atomic E-state index is 9.79. The lowest BCUT2D eigenvalue weighted by atomic mass is 10.1. The molecule has 0 fully saturated rings. The zero-order chi connectivity index (χ0) is 10.4. The van der Waals surface area contributed by atoms with Crippen LogP contribution in [0.2, 0.25) is 0 Å². The van der Waals surface area contributed by atoms with Gasteiger partial charge in [-0.25, -0.2) is 0 Å². The molecule has 0 saturated carbocycles. The van der Waals surface area contributed by atoms with Gasteiger partial charge in [-0.1, -0.05) is 6.07 Å². The number of nitrogens with zero attached hydrogens (tertiary/aromatic N) is 1. The second-order valence-corrected chi connectivity index (χ2v) is 3.21. The summed E-state index contributed by atoms with van der Waals surface area (Å²) in [6.07, 6.45) is 1.79. The predicted molar refractivity (Wildman–Crippen MR) is 55.0 cm³/mol. The van der Waals surface area contributed by atoms with Gasteiger partial charge in [-0.05, 0) is 25.5 Å². The van der Waals surface area contributed by atoms with E-state index in [1.54, 1.807) is 6.20 Å². The lowest BCUT2D eigenvalue weighted by Crippen LogP contribution is -2.06. The highest BCUT2D eigenvalue weighted by molar-refractivity contribution is 5.19. The van der Waals surface area contributed by atoms with Crippen molar-refractivity contribution in [1.82, 2.24) is 4.98 Å². The highest BCUT2D eigenvalue weighted by Gasteiger charge is 2.10. The fourth-order valence-electron chi connectivity index (χ4n) is 1.32. The molecule has 0 spiro atoms. The summed E-state index contributed by atoms with van der Waals surface area (Å²) in [5.41, 5.74) is 1.78. The van der Waals surface area contributed by atoms with Crippen molar-refractivity contribution in [3.8, 4) is 0 Å². The van der Waals surface area contributed by atoms with Crippen molar-refractivity contribution in [3.63, 3.8) is 0 Å². The minimum absolute atomic E-state index is 0.511. The molecule has 0 aliphatic heterocycles. The topological polar surface area (TPSA) is 42.4 Å². The number of pyridine rings is 1.